The molecule has 0 bridgehead atoms. The number of fused-ring (bicyclic) bond motifs is 1. The van der Waals surface area contributed by atoms with Gasteiger partial charge in [-0.3, -0.25) is 9.59 Å². The molecule has 12 heteroatoms. The largest absolute Gasteiger partial charge is 0.416 e. The number of aliphatic hydroxyl groups excluding tert-OH is 1. The van der Waals surface area contributed by atoms with Gasteiger partial charge in [0.05, 0.1) is 17.7 Å². The van der Waals surface area contributed by atoms with Crippen molar-refractivity contribution in [2.75, 3.05) is 13.1 Å². The molecule has 1 aliphatic heterocycles. The van der Waals surface area contributed by atoms with Crippen molar-refractivity contribution in [2.24, 2.45) is 0 Å². The number of carbonyl (C=O) groups is 2. The molecule has 1 aliphatic carbocycles. The van der Waals surface area contributed by atoms with Crippen molar-refractivity contribution in [3.8, 4) is 0 Å². The number of rotatable bonds is 14. The second-order valence-corrected chi connectivity index (χ2v) is 13.1. The fourth-order valence-corrected chi connectivity index (χ4v) is 6.90. The molecule has 5 rings (SSSR count). The molecule has 2 atom stereocenters. The van der Waals surface area contributed by atoms with Crippen LogP contribution in [0.3, 0.4) is 0 Å². The summed E-state index contributed by atoms with van der Waals surface area (Å²) >= 11 is 0. The first-order valence-corrected chi connectivity index (χ1v) is 16.7. The summed E-state index contributed by atoms with van der Waals surface area (Å²) in [5, 5.41) is 17.2. The number of hydrogen-bond acceptors (Lipinski definition) is 4. The lowest BCUT2D eigenvalue weighted by atomic mass is 9.90. The van der Waals surface area contributed by atoms with Gasteiger partial charge in [-0.15, -0.1) is 0 Å². The van der Waals surface area contributed by atoms with Gasteiger partial charge < -0.3 is 20.6 Å². The minimum atomic E-state index is -4.53. The quantitative estimate of drug-likeness (QED) is 0.158. The monoisotopic (exact) mass is 689 g/mol. The molecular weight excluding hydrogens is 648 g/mol. The van der Waals surface area contributed by atoms with Gasteiger partial charge in [-0.1, -0.05) is 38.8 Å². The lowest BCUT2D eigenvalue weighted by Gasteiger charge is -2.36. The molecule has 0 aromatic heterocycles. The molecular formula is C37H41F6N3O3. The number of halogens is 6. The maximum atomic E-state index is 15.0. The second-order valence-electron chi connectivity index (χ2n) is 13.1. The van der Waals surface area contributed by atoms with Gasteiger partial charge in [0.15, 0.2) is 0 Å². The van der Waals surface area contributed by atoms with Gasteiger partial charge in [-0.25, -0.2) is 13.2 Å². The van der Waals surface area contributed by atoms with E-state index < -0.39 is 52.8 Å². The van der Waals surface area contributed by atoms with Crippen LogP contribution >= 0.6 is 0 Å². The summed E-state index contributed by atoms with van der Waals surface area (Å²) in [5.74, 6) is -3.65. The standard InChI is InChI=1S/C37H41F6N3O3/c1-3-6-28(7-4-2)46-13-10-29-30(19-27(40)20-31(29)35(46)49)34(48)45-32(16-22-14-25(38)18-26(39)15-22)33(47)21-44-36(11-12-36)23-8-5-9-24(17-23)37(41,42)43/h5,8-9,14-15,17-20,28,32-33,44,47H,3-4,6-7,10-13,16,21H2,1-2H3,(H,45,48)/t32-,33-/m0/s1. The molecule has 49 heavy (non-hydrogen) atoms. The van der Waals surface area contributed by atoms with Gasteiger partial charge in [0.25, 0.3) is 11.8 Å². The number of alkyl halides is 3. The Balaban J connectivity index is 1.39. The summed E-state index contributed by atoms with van der Waals surface area (Å²) in [4.78, 5) is 29.1. The summed E-state index contributed by atoms with van der Waals surface area (Å²) in [6.45, 7) is 4.21. The summed E-state index contributed by atoms with van der Waals surface area (Å²) in [6, 6.07) is 8.72. The number of benzene rings is 3. The van der Waals surface area contributed by atoms with Gasteiger partial charge in [-0.05, 0) is 91.6 Å². The molecule has 264 valence electrons. The fourth-order valence-electron chi connectivity index (χ4n) is 6.90. The van der Waals surface area contributed by atoms with Gasteiger partial charge in [0, 0.05) is 41.9 Å². The maximum Gasteiger partial charge on any atom is 0.416 e. The van der Waals surface area contributed by atoms with E-state index >= 15 is 4.39 Å². The van der Waals surface area contributed by atoms with Crippen LogP contribution < -0.4 is 10.6 Å². The molecule has 3 aromatic carbocycles. The first-order chi connectivity index (χ1) is 23.2. The summed E-state index contributed by atoms with van der Waals surface area (Å²) in [5.41, 5.74) is -0.721. The van der Waals surface area contributed by atoms with Gasteiger partial charge >= 0.3 is 6.18 Å². The molecule has 2 amide bonds. The first kappa shape index (κ1) is 36.4. The Bertz CT molecular complexity index is 1650. The zero-order valence-corrected chi connectivity index (χ0v) is 27.5. The van der Waals surface area contributed by atoms with Crippen LogP contribution in [0.1, 0.15) is 95.3 Å². The van der Waals surface area contributed by atoms with Crippen molar-refractivity contribution in [1.29, 1.82) is 0 Å². The zero-order valence-electron chi connectivity index (χ0n) is 27.5. The Hall–Kier alpha value is -3.90. The third-order valence-electron chi connectivity index (χ3n) is 9.54. The molecule has 0 radical (unpaired) electrons. The van der Waals surface area contributed by atoms with Crippen molar-refractivity contribution in [2.45, 2.75) is 95.1 Å². The van der Waals surface area contributed by atoms with Crippen LogP contribution in [0.15, 0.2) is 54.6 Å². The fraction of sp³-hybridized carbons (Fsp3) is 0.459. The molecule has 2 aliphatic rings. The normalized spacial score (nSPS) is 16.8. The van der Waals surface area contributed by atoms with Crippen LogP contribution in [0.25, 0.3) is 0 Å². The molecule has 1 fully saturated rings. The average Bonchev–Trinajstić information content (AvgIpc) is 3.84. The number of nitrogens with zero attached hydrogens (tertiary/aromatic N) is 1. The highest BCUT2D eigenvalue weighted by molar-refractivity contribution is 6.03. The number of amides is 2. The van der Waals surface area contributed by atoms with Crippen LogP contribution in [-0.4, -0.2) is 53.1 Å². The number of aliphatic hydroxyl groups is 1. The van der Waals surface area contributed by atoms with E-state index in [1.807, 2.05) is 13.8 Å². The van der Waals surface area contributed by atoms with Crippen molar-refractivity contribution < 1.29 is 41.0 Å². The maximum absolute atomic E-state index is 15.0. The van der Waals surface area contributed by atoms with Crippen molar-refractivity contribution >= 4 is 11.8 Å². The molecule has 0 saturated heterocycles. The van der Waals surface area contributed by atoms with E-state index in [0.717, 1.165) is 62.1 Å². The lowest BCUT2D eigenvalue weighted by molar-refractivity contribution is -0.137. The van der Waals surface area contributed by atoms with Crippen LogP contribution in [-0.2, 0) is 24.6 Å². The van der Waals surface area contributed by atoms with Crippen LogP contribution in [0.4, 0.5) is 26.3 Å². The van der Waals surface area contributed by atoms with E-state index in [1.54, 1.807) is 11.0 Å². The Morgan fingerprint density at radius 2 is 1.61 bits per heavy atom. The summed E-state index contributed by atoms with van der Waals surface area (Å²) in [6.07, 6.45) is -1.51. The number of carbonyl (C=O) groups excluding carboxylic acids is 2. The molecule has 6 nitrogen and oxygen atoms in total. The van der Waals surface area contributed by atoms with Gasteiger partial charge in [0.1, 0.15) is 17.5 Å². The van der Waals surface area contributed by atoms with Crippen LogP contribution in [0.5, 0.6) is 0 Å². The van der Waals surface area contributed by atoms with Crippen molar-refractivity contribution in [3.63, 3.8) is 0 Å². The predicted molar refractivity (Wildman–Crippen MR) is 172 cm³/mol. The molecule has 3 aromatic rings. The number of nitrogens with one attached hydrogen (secondary N) is 2. The minimum Gasteiger partial charge on any atom is -0.390 e. The minimum absolute atomic E-state index is 0.0133. The van der Waals surface area contributed by atoms with E-state index in [9.17, 15) is 36.6 Å². The van der Waals surface area contributed by atoms with Gasteiger partial charge in [0.2, 0.25) is 0 Å². The van der Waals surface area contributed by atoms with E-state index in [0.29, 0.717) is 43.0 Å². The van der Waals surface area contributed by atoms with Crippen molar-refractivity contribution in [1.82, 2.24) is 15.5 Å². The highest BCUT2D eigenvalue weighted by Crippen LogP contribution is 2.46. The molecule has 1 saturated carbocycles. The third-order valence-corrected chi connectivity index (χ3v) is 9.54. The first-order valence-electron chi connectivity index (χ1n) is 16.7. The highest BCUT2D eigenvalue weighted by atomic mass is 19.4. The molecule has 0 unspecified atom stereocenters. The Kier molecular flexibility index (Phi) is 11.1. The highest BCUT2D eigenvalue weighted by Gasteiger charge is 2.45. The molecule has 1 heterocycles. The zero-order chi connectivity index (χ0) is 35.5. The van der Waals surface area contributed by atoms with Gasteiger partial charge in [-0.2, -0.15) is 13.2 Å². The van der Waals surface area contributed by atoms with E-state index in [4.69, 9.17) is 0 Å². The van der Waals surface area contributed by atoms with Crippen LogP contribution in [0.2, 0.25) is 0 Å². The predicted octanol–water partition coefficient (Wildman–Crippen LogP) is 7.07. The second kappa shape index (κ2) is 14.9. The lowest BCUT2D eigenvalue weighted by Crippen LogP contribution is -2.50. The Morgan fingerprint density at radius 3 is 2.22 bits per heavy atom. The molecule has 0 spiro atoms. The summed E-state index contributed by atoms with van der Waals surface area (Å²) < 4.78 is 83.4. The molecule has 3 N–H and O–H groups in total. The van der Waals surface area contributed by atoms with Crippen molar-refractivity contribution in [3.05, 3.63) is 105 Å². The van der Waals surface area contributed by atoms with E-state index in [-0.39, 0.29) is 41.6 Å². The number of hydrogen-bond donors (Lipinski definition) is 3. The summed E-state index contributed by atoms with van der Waals surface area (Å²) in [7, 11) is 0. The SMILES string of the molecule is CCCC(CCC)N1CCc2c(C(=O)N[C@@H](Cc3cc(F)cc(F)c3)[C@@H](O)CNC3(c4cccc(C(F)(F)F)c4)CC3)cc(F)cc2C1=O. The Labute approximate surface area is 281 Å². The average molecular weight is 690 g/mol. The van der Waals surface area contributed by atoms with E-state index in [1.165, 1.54) is 6.07 Å². The van der Waals surface area contributed by atoms with E-state index in [2.05, 4.69) is 10.6 Å². The topological polar surface area (TPSA) is 81.7 Å². The smallest absolute Gasteiger partial charge is 0.390 e. The third kappa shape index (κ3) is 8.46. The Morgan fingerprint density at radius 1 is 0.959 bits per heavy atom. The van der Waals surface area contributed by atoms with Crippen LogP contribution in [0, 0.1) is 17.5 Å².